The number of ether oxygens (including phenoxy) is 1. The Balaban J connectivity index is 2.80. The van der Waals surface area contributed by atoms with Crippen LogP contribution in [0.2, 0.25) is 0 Å². The molecule has 0 unspecified atom stereocenters. The maximum atomic E-state index is 11.3. The lowest BCUT2D eigenvalue weighted by molar-refractivity contribution is 0.00608. The van der Waals surface area contributed by atoms with Crippen LogP contribution >= 0.6 is 0 Å². The van der Waals surface area contributed by atoms with Crippen molar-refractivity contribution in [1.29, 1.82) is 0 Å². The smallest absolute Gasteiger partial charge is 0.359 e. The Kier molecular flexibility index (Phi) is 2.69. The van der Waals surface area contributed by atoms with Gasteiger partial charge in [0.25, 0.3) is 0 Å². The van der Waals surface area contributed by atoms with Crippen molar-refractivity contribution >= 4 is 5.97 Å². The molecule has 0 saturated carbocycles. The molecule has 1 radical (unpaired) electrons. The molecule has 1 rings (SSSR count). The van der Waals surface area contributed by atoms with E-state index in [0.717, 1.165) is 12.3 Å². The number of esters is 1. The van der Waals surface area contributed by atoms with Crippen LogP contribution in [0.4, 0.5) is 0 Å². The molecule has 75 valence electrons. The number of hydrogen-bond acceptors (Lipinski definition) is 4. The molecule has 0 N–H and O–H groups in total. The van der Waals surface area contributed by atoms with Gasteiger partial charge in [0, 0.05) is 6.07 Å². The van der Waals surface area contributed by atoms with Gasteiger partial charge in [-0.15, -0.1) is 5.10 Å². The number of nitrogens with zero attached hydrogens (tertiary/aromatic N) is 2. The zero-order valence-electron chi connectivity index (χ0n) is 8.27. The second-order valence-corrected chi connectivity index (χ2v) is 3.78. The minimum absolute atomic E-state index is 0.0626. The van der Waals surface area contributed by atoms with Crippen molar-refractivity contribution in [3.05, 3.63) is 18.0 Å². The van der Waals surface area contributed by atoms with Gasteiger partial charge in [-0.1, -0.05) is 0 Å². The third-order valence-corrected chi connectivity index (χ3v) is 1.24. The van der Waals surface area contributed by atoms with Gasteiger partial charge in [-0.05, 0) is 20.8 Å². The summed E-state index contributed by atoms with van der Waals surface area (Å²) in [4.78, 5) is 11.3. The van der Waals surface area contributed by atoms with Crippen LogP contribution in [0.3, 0.4) is 0 Å². The molecule has 1 aromatic rings. The first-order chi connectivity index (χ1) is 6.38. The molecule has 0 bridgehead atoms. The Hall–Kier alpha value is -1.65. The minimum atomic E-state index is -0.636. The van der Waals surface area contributed by atoms with Crippen molar-refractivity contribution in [2.75, 3.05) is 0 Å². The lowest BCUT2D eigenvalue weighted by atomic mass is 10.2. The van der Waals surface area contributed by atoms with Crippen molar-refractivity contribution in [2.24, 2.45) is 0 Å². The van der Waals surface area contributed by atoms with Crippen molar-refractivity contribution in [3.63, 3.8) is 0 Å². The molecule has 14 heavy (non-hydrogen) atoms. The average Bonchev–Trinajstić information content (AvgIpc) is 2.01. The van der Waals surface area contributed by atoms with Gasteiger partial charge in [-0.2, -0.15) is 5.10 Å². The number of carbonyl (C=O) groups is 1. The maximum absolute atomic E-state index is 11.3. The van der Waals surface area contributed by atoms with E-state index in [-0.39, 0.29) is 11.4 Å². The van der Waals surface area contributed by atoms with E-state index >= 15 is 0 Å². The molecule has 1 aromatic heterocycles. The summed E-state index contributed by atoms with van der Waals surface area (Å²) in [5.41, 5.74) is -0.662. The highest BCUT2D eigenvalue weighted by Crippen LogP contribution is 2.13. The molecule has 5 heteroatoms. The fourth-order valence-electron chi connectivity index (χ4n) is 0.779. The van der Waals surface area contributed by atoms with Crippen LogP contribution in [-0.4, -0.2) is 21.8 Å². The molecular formula is C9H11N2O3. The van der Waals surface area contributed by atoms with Crippen LogP contribution in [0.1, 0.15) is 31.3 Å². The Morgan fingerprint density at radius 2 is 2.07 bits per heavy atom. The quantitative estimate of drug-likeness (QED) is 0.637. The first kappa shape index (κ1) is 10.4. The molecule has 0 aliphatic heterocycles. The highest BCUT2D eigenvalue weighted by molar-refractivity contribution is 5.87. The molecule has 0 aliphatic rings. The van der Waals surface area contributed by atoms with Gasteiger partial charge in [0.2, 0.25) is 5.75 Å². The van der Waals surface area contributed by atoms with Crippen LogP contribution in [0.5, 0.6) is 5.75 Å². The lowest BCUT2D eigenvalue weighted by Crippen LogP contribution is -2.24. The second-order valence-electron chi connectivity index (χ2n) is 3.78. The fourth-order valence-corrected chi connectivity index (χ4v) is 0.779. The Bertz CT molecular complexity index is 344. The summed E-state index contributed by atoms with van der Waals surface area (Å²) in [5.74, 6) is -0.997. The van der Waals surface area contributed by atoms with Gasteiger partial charge < -0.3 is 4.74 Å². The topological polar surface area (TPSA) is 72.0 Å². The van der Waals surface area contributed by atoms with Crippen LogP contribution < -0.4 is 0 Å². The number of aromatic nitrogens is 2. The van der Waals surface area contributed by atoms with Gasteiger partial charge in [0.05, 0.1) is 6.20 Å². The fraction of sp³-hybridized carbons (Fsp3) is 0.444. The summed E-state index contributed by atoms with van der Waals surface area (Å²) < 4.78 is 5.00. The summed E-state index contributed by atoms with van der Waals surface area (Å²) in [6.07, 6.45) is 1.04. The third kappa shape index (κ3) is 3.01. The molecule has 0 fully saturated rings. The predicted octanol–water partition coefficient (Wildman–Crippen LogP) is 1.58. The van der Waals surface area contributed by atoms with E-state index < -0.39 is 11.6 Å². The maximum Gasteiger partial charge on any atom is 0.359 e. The van der Waals surface area contributed by atoms with Gasteiger partial charge in [0.1, 0.15) is 5.60 Å². The Labute approximate surface area is 81.7 Å². The van der Waals surface area contributed by atoms with Gasteiger partial charge >= 0.3 is 5.97 Å². The first-order valence-corrected chi connectivity index (χ1v) is 4.11. The van der Waals surface area contributed by atoms with Crippen molar-refractivity contribution < 1.29 is 14.6 Å². The summed E-state index contributed by atoms with van der Waals surface area (Å²) in [6, 6.07) is 1.10. The van der Waals surface area contributed by atoms with E-state index in [2.05, 4.69) is 10.2 Å². The number of rotatable bonds is 1. The number of hydrogen-bond donors (Lipinski definition) is 0. The summed E-state index contributed by atoms with van der Waals surface area (Å²) >= 11 is 0. The minimum Gasteiger partial charge on any atom is -0.455 e. The Morgan fingerprint density at radius 1 is 1.43 bits per heavy atom. The third-order valence-electron chi connectivity index (χ3n) is 1.24. The van der Waals surface area contributed by atoms with Crippen molar-refractivity contribution in [3.8, 4) is 5.75 Å². The molecule has 0 amide bonds. The zero-order chi connectivity index (χ0) is 10.8. The first-order valence-electron chi connectivity index (χ1n) is 4.11. The highest BCUT2D eigenvalue weighted by Gasteiger charge is 2.19. The van der Waals surface area contributed by atoms with Crippen molar-refractivity contribution in [1.82, 2.24) is 10.2 Å². The summed E-state index contributed by atoms with van der Waals surface area (Å²) in [5, 5.41) is 17.7. The van der Waals surface area contributed by atoms with Gasteiger partial charge in [0.15, 0.2) is 5.69 Å². The average molecular weight is 195 g/mol. The molecule has 5 nitrogen and oxygen atoms in total. The number of carbonyl (C=O) groups excluding carboxylic acids is 1. The second kappa shape index (κ2) is 3.61. The van der Waals surface area contributed by atoms with E-state index in [1.807, 2.05) is 0 Å². The highest BCUT2D eigenvalue weighted by atomic mass is 16.6. The molecule has 0 spiro atoms. The molecule has 0 aliphatic carbocycles. The van der Waals surface area contributed by atoms with E-state index in [1.54, 1.807) is 20.8 Å². The van der Waals surface area contributed by atoms with Crippen LogP contribution in [0.15, 0.2) is 12.3 Å². The molecule has 0 saturated heterocycles. The van der Waals surface area contributed by atoms with E-state index in [9.17, 15) is 9.90 Å². The Morgan fingerprint density at radius 3 is 2.57 bits per heavy atom. The van der Waals surface area contributed by atoms with E-state index in [1.165, 1.54) is 0 Å². The lowest BCUT2D eigenvalue weighted by Gasteiger charge is -2.18. The van der Waals surface area contributed by atoms with Crippen LogP contribution in [0.25, 0.3) is 0 Å². The summed E-state index contributed by atoms with van der Waals surface area (Å²) in [6.45, 7) is 5.21. The molecule has 0 aromatic carbocycles. The monoisotopic (exact) mass is 195 g/mol. The van der Waals surface area contributed by atoms with Gasteiger partial charge in [-0.25, -0.2) is 4.79 Å². The SMILES string of the molecule is CC(C)(C)OC(=O)c1cc([O])cnn1. The van der Waals surface area contributed by atoms with E-state index in [4.69, 9.17) is 4.74 Å². The van der Waals surface area contributed by atoms with Crippen LogP contribution in [-0.2, 0) is 9.84 Å². The largest absolute Gasteiger partial charge is 0.455 e. The molecular weight excluding hydrogens is 184 g/mol. The normalized spacial score (nSPS) is 11.1. The van der Waals surface area contributed by atoms with Crippen LogP contribution in [0, 0.1) is 0 Å². The van der Waals surface area contributed by atoms with Gasteiger partial charge in [-0.3, -0.25) is 5.11 Å². The zero-order valence-corrected chi connectivity index (χ0v) is 8.27. The molecule has 1 heterocycles. The predicted molar refractivity (Wildman–Crippen MR) is 47.3 cm³/mol. The van der Waals surface area contributed by atoms with E-state index in [0.29, 0.717) is 0 Å². The standard InChI is InChI=1S/C9H11N2O3/c1-9(2,3)14-8(13)7-4-6(12)5-10-11-7/h4-5H,1-3H3. The van der Waals surface area contributed by atoms with Crippen molar-refractivity contribution in [2.45, 2.75) is 26.4 Å². The molecule has 0 atom stereocenters. The summed E-state index contributed by atoms with van der Waals surface area (Å²) in [7, 11) is 0.